The van der Waals surface area contributed by atoms with E-state index in [1.54, 1.807) is 0 Å². The molecule has 0 amide bonds. The molecular formula is C12H12F4. The molecule has 0 unspecified atom stereocenters. The van der Waals surface area contributed by atoms with Gasteiger partial charge >= 0.3 is 0 Å². The van der Waals surface area contributed by atoms with Gasteiger partial charge < -0.3 is 0 Å². The predicted molar refractivity (Wildman–Crippen MR) is 54.3 cm³/mol. The quantitative estimate of drug-likeness (QED) is 0.418. The Morgan fingerprint density at radius 2 is 1.44 bits per heavy atom. The molecule has 0 aliphatic carbocycles. The third-order valence-electron chi connectivity index (χ3n) is 2.31. The third kappa shape index (κ3) is 1.96. The van der Waals surface area contributed by atoms with Gasteiger partial charge in [0.2, 0.25) is 0 Å². The lowest BCUT2D eigenvalue weighted by Crippen LogP contribution is -2.09. The number of allylic oxidation sites excluding steroid dienone is 1. The van der Waals surface area contributed by atoms with Crippen LogP contribution in [0.5, 0.6) is 0 Å². The van der Waals surface area contributed by atoms with E-state index in [2.05, 4.69) is 6.58 Å². The van der Waals surface area contributed by atoms with Crippen molar-refractivity contribution in [3.05, 3.63) is 47.1 Å². The van der Waals surface area contributed by atoms with Crippen molar-refractivity contribution in [3.8, 4) is 0 Å². The zero-order valence-corrected chi connectivity index (χ0v) is 9.08. The Balaban J connectivity index is 3.55. The number of hydrogen-bond donors (Lipinski definition) is 0. The van der Waals surface area contributed by atoms with E-state index < -0.39 is 40.3 Å². The standard InChI is InChI=1S/C12H12F4/c1-4-5-7-9(13)11(15)8(6(2)3)12(16)10(7)14/h4,6H,1,5H2,2-3H3. The van der Waals surface area contributed by atoms with Gasteiger partial charge in [-0.25, -0.2) is 17.6 Å². The fourth-order valence-electron chi connectivity index (χ4n) is 1.52. The maximum Gasteiger partial charge on any atom is 0.165 e. The van der Waals surface area contributed by atoms with Crippen LogP contribution in [0.4, 0.5) is 17.6 Å². The zero-order valence-electron chi connectivity index (χ0n) is 9.08. The molecular weight excluding hydrogens is 220 g/mol. The zero-order chi connectivity index (χ0) is 12.5. The number of rotatable bonds is 3. The molecule has 0 fully saturated rings. The molecule has 0 N–H and O–H groups in total. The van der Waals surface area contributed by atoms with Crippen LogP contribution in [0, 0.1) is 23.3 Å². The molecule has 0 bridgehead atoms. The average molecular weight is 232 g/mol. The first-order valence-corrected chi connectivity index (χ1v) is 4.87. The van der Waals surface area contributed by atoms with Crippen molar-refractivity contribution >= 4 is 0 Å². The minimum Gasteiger partial charge on any atom is -0.203 e. The van der Waals surface area contributed by atoms with Crippen molar-refractivity contribution in [2.45, 2.75) is 26.2 Å². The van der Waals surface area contributed by atoms with Gasteiger partial charge in [-0.15, -0.1) is 6.58 Å². The van der Waals surface area contributed by atoms with Gasteiger partial charge in [-0.1, -0.05) is 19.9 Å². The fraction of sp³-hybridized carbons (Fsp3) is 0.333. The van der Waals surface area contributed by atoms with E-state index in [9.17, 15) is 17.6 Å². The third-order valence-corrected chi connectivity index (χ3v) is 2.31. The highest BCUT2D eigenvalue weighted by molar-refractivity contribution is 5.32. The van der Waals surface area contributed by atoms with E-state index in [0.29, 0.717) is 0 Å². The van der Waals surface area contributed by atoms with E-state index in [4.69, 9.17) is 0 Å². The smallest absolute Gasteiger partial charge is 0.165 e. The van der Waals surface area contributed by atoms with Crippen LogP contribution >= 0.6 is 0 Å². The van der Waals surface area contributed by atoms with Crippen LogP contribution in [-0.2, 0) is 6.42 Å². The first-order chi connectivity index (χ1) is 7.41. The van der Waals surface area contributed by atoms with Crippen molar-refractivity contribution in [2.24, 2.45) is 0 Å². The monoisotopic (exact) mass is 232 g/mol. The first-order valence-electron chi connectivity index (χ1n) is 4.87. The Morgan fingerprint density at radius 1 is 1.00 bits per heavy atom. The van der Waals surface area contributed by atoms with Gasteiger partial charge in [-0.05, 0) is 12.3 Å². The summed E-state index contributed by atoms with van der Waals surface area (Å²) in [4.78, 5) is 0. The van der Waals surface area contributed by atoms with Crippen molar-refractivity contribution < 1.29 is 17.6 Å². The average Bonchev–Trinajstić information content (AvgIpc) is 2.21. The Labute approximate surface area is 91.6 Å². The van der Waals surface area contributed by atoms with Gasteiger partial charge in [0.15, 0.2) is 23.3 Å². The molecule has 0 heterocycles. The van der Waals surface area contributed by atoms with Crippen LogP contribution in [0.25, 0.3) is 0 Å². The molecule has 0 aliphatic heterocycles. The maximum absolute atomic E-state index is 13.5. The summed E-state index contributed by atoms with van der Waals surface area (Å²) in [7, 11) is 0. The van der Waals surface area contributed by atoms with E-state index in [1.807, 2.05) is 0 Å². The lowest BCUT2D eigenvalue weighted by Gasteiger charge is -2.13. The van der Waals surface area contributed by atoms with Gasteiger partial charge in [0.05, 0.1) is 0 Å². The summed E-state index contributed by atoms with van der Waals surface area (Å²) in [6.45, 7) is 6.21. The summed E-state index contributed by atoms with van der Waals surface area (Å²) in [6.07, 6.45) is 0.944. The SMILES string of the molecule is C=CCc1c(F)c(F)c(C(C)C)c(F)c1F. The lowest BCUT2D eigenvalue weighted by molar-refractivity contribution is 0.422. The normalized spacial score (nSPS) is 10.9. The topological polar surface area (TPSA) is 0 Å². The molecule has 0 spiro atoms. The second-order valence-corrected chi connectivity index (χ2v) is 3.80. The highest BCUT2D eigenvalue weighted by Gasteiger charge is 2.25. The molecule has 16 heavy (non-hydrogen) atoms. The molecule has 0 saturated carbocycles. The number of halogens is 4. The highest BCUT2D eigenvalue weighted by Crippen LogP contribution is 2.29. The Hall–Kier alpha value is -1.32. The van der Waals surface area contributed by atoms with Crippen LogP contribution in [-0.4, -0.2) is 0 Å². The molecule has 4 heteroatoms. The summed E-state index contributed by atoms with van der Waals surface area (Å²) in [6, 6.07) is 0. The van der Waals surface area contributed by atoms with Gasteiger partial charge in [-0.2, -0.15) is 0 Å². The summed E-state index contributed by atoms with van der Waals surface area (Å²) >= 11 is 0. The van der Waals surface area contributed by atoms with Crippen LogP contribution in [0.2, 0.25) is 0 Å². The summed E-state index contributed by atoms with van der Waals surface area (Å²) in [5.41, 5.74) is -1.17. The molecule has 0 saturated heterocycles. The summed E-state index contributed by atoms with van der Waals surface area (Å²) in [5.74, 6) is -5.91. The molecule has 0 nitrogen and oxygen atoms in total. The molecule has 88 valence electrons. The number of benzene rings is 1. The molecule has 1 aromatic rings. The van der Waals surface area contributed by atoms with E-state index in [1.165, 1.54) is 19.9 Å². The minimum absolute atomic E-state index is 0.246. The van der Waals surface area contributed by atoms with Gasteiger partial charge in [-0.3, -0.25) is 0 Å². The molecule has 0 aromatic heterocycles. The highest BCUT2D eigenvalue weighted by atomic mass is 19.2. The second kappa shape index (κ2) is 4.68. The van der Waals surface area contributed by atoms with Crippen LogP contribution < -0.4 is 0 Å². The van der Waals surface area contributed by atoms with Gasteiger partial charge in [0.1, 0.15) is 0 Å². The van der Waals surface area contributed by atoms with Gasteiger partial charge in [0.25, 0.3) is 0 Å². The summed E-state index contributed by atoms with van der Waals surface area (Å²) < 4.78 is 53.8. The molecule has 0 radical (unpaired) electrons. The van der Waals surface area contributed by atoms with Crippen molar-refractivity contribution in [3.63, 3.8) is 0 Å². The Bertz CT molecular complexity index is 393. The van der Waals surface area contributed by atoms with Gasteiger partial charge in [0, 0.05) is 11.1 Å². The maximum atomic E-state index is 13.5. The van der Waals surface area contributed by atoms with Crippen LogP contribution in [0.3, 0.4) is 0 Å². The Kier molecular flexibility index (Phi) is 3.73. The van der Waals surface area contributed by atoms with Crippen molar-refractivity contribution in [1.29, 1.82) is 0 Å². The molecule has 0 aliphatic rings. The van der Waals surface area contributed by atoms with Crippen molar-refractivity contribution in [1.82, 2.24) is 0 Å². The first kappa shape index (κ1) is 12.7. The van der Waals surface area contributed by atoms with Crippen LogP contribution in [0.1, 0.15) is 30.9 Å². The van der Waals surface area contributed by atoms with E-state index >= 15 is 0 Å². The summed E-state index contributed by atoms with van der Waals surface area (Å²) in [5, 5.41) is 0. The molecule has 1 rings (SSSR count). The van der Waals surface area contributed by atoms with E-state index in [0.717, 1.165) is 0 Å². The lowest BCUT2D eigenvalue weighted by atomic mass is 9.97. The van der Waals surface area contributed by atoms with E-state index in [-0.39, 0.29) is 6.42 Å². The Morgan fingerprint density at radius 3 is 1.75 bits per heavy atom. The number of hydrogen-bond acceptors (Lipinski definition) is 0. The minimum atomic E-state index is -1.33. The predicted octanol–water partition coefficient (Wildman–Crippen LogP) is 4.09. The molecule has 1 aromatic carbocycles. The van der Waals surface area contributed by atoms with Crippen molar-refractivity contribution in [2.75, 3.05) is 0 Å². The molecule has 0 atom stereocenters. The second-order valence-electron chi connectivity index (χ2n) is 3.80. The van der Waals surface area contributed by atoms with Crippen LogP contribution in [0.15, 0.2) is 12.7 Å². The fourth-order valence-corrected chi connectivity index (χ4v) is 1.52. The largest absolute Gasteiger partial charge is 0.203 e.